The first-order valence-corrected chi connectivity index (χ1v) is 7.56. The summed E-state index contributed by atoms with van der Waals surface area (Å²) in [4.78, 5) is 12.1. The Hall–Kier alpha value is -2.29. The van der Waals surface area contributed by atoms with Gasteiger partial charge in [0.25, 0.3) is 5.91 Å². The Bertz CT molecular complexity index is 642. The number of para-hydroxylation sites is 1. The van der Waals surface area contributed by atoms with E-state index in [4.69, 9.17) is 4.74 Å². The highest BCUT2D eigenvalue weighted by atomic mass is 16.5. The molecule has 1 amide bonds. The van der Waals surface area contributed by atoms with Crippen LogP contribution in [0.15, 0.2) is 42.5 Å². The molecule has 0 unspecified atom stereocenters. The summed E-state index contributed by atoms with van der Waals surface area (Å²) < 4.78 is 5.60. The fourth-order valence-electron chi connectivity index (χ4n) is 2.30. The molecule has 116 valence electrons. The number of hydrogen-bond donors (Lipinski definition) is 1. The van der Waals surface area contributed by atoms with Crippen LogP contribution >= 0.6 is 0 Å². The minimum atomic E-state index is -0.146. The van der Waals surface area contributed by atoms with Gasteiger partial charge in [-0.2, -0.15) is 0 Å². The molecule has 0 atom stereocenters. The molecule has 3 heteroatoms. The Morgan fingerprint density at radius 2 is 1.73 bits per heavy atom. The van der Waals surface area contributed by atoms with Gasteiger partial charge in [0.05, 0.1) is 0 Å². The molecule has 0 aromatic heterocycles. The van der Waals surface area contributed by atoms with Gasteiger partial charge in [-0.25, -0.2) is 0 Å². The zero-order valence-corrected chi connectivity index (χ0v) is 13.6. The molecule has 0 spiro atoms. The van der Waals surface area contributed by atoms with Crippen molar-refractivity contribution in [3.8, 4) is 5.75 Å². The molecule has 0 radical (unpaired) electrons. The topological polar surface area (TPSA) is 38.3 Å². The summed E-state index contributed by atoms with van der Waals surface area (Å²) >= 11 is 0. The van der Waals surface area contributed by atoms with E-state index in [9.17, 15) is 4.79 Å². The van der Waals surface area contributed by atoms with Gasteiger partial charge in [-0.3, -0.25) is 4.79 Å². The fraction of sp³-hybridized carbons (Fsp3) is 0.316. The lowest BCUT2D eigenvalue weighted by Crippen LogP contribution is -2.21. The molecule has 2 aromatic carbocycles. The molecule has 0 aliphatic carbocycles. The highest BCUT2D eigenvalue weighted by Gasteiger charge is 2.08. The first-order chi connectivity index (χ1) is 10.5. The second-order valence-electron chi connectivity index (χ2n) is 5.83. The van der Waals surface area contributed by atoms with E-state index in [2.05, 4.69) is 25.2 Å². The number of rotatable bonds is 5. The Labute approximate surface area is 132 Å². The maximum Gasteiger partial charge on any atom is 0.262 e. The van der Waals surface area contributed by atoms with Crippen LogP contribution in [0.5, 0.6) is 5.75 Å². The molecule has 0 fully saturated rings. The Morgan fingerprint density at radius 3 is 2.36 bits per heavy atom. The molecule has 0 saturated heterocycles. The third-order valence-electron chi connectivity index (χ3n) is 3.64. The van der Waals surface area contributed by atoms with Gasteiger partial charge in [0.2, 0.25) is 0 Å². The maximum absolute atomic E-state index is 12.1. The molecule has 0 heterocycles. The number of aryl methyl sites for hydroxylation is 2. The van der Waals surface area contributed by atoms with Crippen molar-refractivity contribution in [1.29, 1.82) is 0 Å². The van der Waals surface area contributed by atoms with Gasteiger partial charge in [0.1, 0.15) is 5.75 Å². The standard InChI is InChI=1S/C19H23NO2/c1-13(2)16-9-6-10-17(11-16)22-12-18(21)20-19-14(3)7-5-8-15(19)4/h5-11,13H,12H2,1-4H3,(H,20,21). The van der Waals surface area contributed by atoms with Crippen LogP contribution in [0.4, 0.5) is 5.69 Å². The zero-order chi connectivity index (χ0) is 16.1. The quantitative estimate of drug-likeness (QED) is 0.885. The van der Waals surface area contributed by atoms with Crippen molar-refractivity contribution in [2.24, 2.45) is 0 Å². The van der Waals surface area contributed by atoms with Crippen LogP contribution in [0.25, 0.3) is 0 Å². The predicted molar refractivity (Wildman–Crippen MR) is 90.6 cm³/mol. The van der Waals surface area contributed by atoms with Crippen LogP contribution in [0.2, 0.25) is 0 Å². The summed E-state index contributed by atoms with van der Waals surface area (Å²) in [7, 11) is 0. The van der Waals surface area contributed by atoms with E-state index in [1.165, 1.54) is 5.56 Å². The summed E-state index contributed by atoms with van der Waals surface area (Å²) in [6.07, 6.45) is 0. The van der Waals surface area contributed by atoms with E-state index in [1.54, 1.807) is 0 Å². The number of ether oxygens (including phenoxy) is 1. The van der Waals surface area contributed by atoms with Crippen molar-refractivity contribution in [3.05, 3.63) is 59.2 Å². The first-order valence-electron chi connectivity index (χ1n) is 7.56. The van der Waals surface area contributed by atoms with Crippen molar-refractivity contribution in [2.45, 2.75) is 33.6 Å². The van der Waals surface area contributed by atoms with Crippen molar-refractivity contribution >= 4 is 11.6 Å². The van der Waals surface area contributed by atoms with Crippen molar-refractivity contribution in [1.82, 2.24) is 0 Å². The molecule has 0 aliphatic rings. The molecule has 22 heavy (non-hydrogen) atoms. The molecule has 3 nitrogen and oxygen atoms in total. The second-order valence-corrected chi connectivity index (χ2v) is 5.83. The Morgan fingerprint density at radius 1 is 1.09 bits per heavy atom. The molecule has 2 rings (SSSR count). The molecule has 0 bridgehead atoms. The molecular weight excluding hydrogens is 274 g/mol. The normalized spacial score (nSPS) is 10.6. The van der Waals surface area contributed by atoms with E-state index >= 15 is 0 Å². The third kappa shape index (κ3) is 4.10. The predicted octanol–water partition coefficient (Wildman–Crippen LogP) is 4.44. The number of anilines is 1. The number of nitrogens with one attached hydrogen (secondary N) is 1. The van der Waals surface area contributed by atoms with Gasteiger partial charge in [-0.15, -0.1) is 0 Å². The number of amides is 1. The van der Waals surface area contributed by atoms with Crippen molar-refractivity contribution < 1.29 is 9.53 Å². The number of benzene rings is 2. The molecular formula is C19H23NO2. The van der Waals surface area contributed by atoms with Gasteiger partial charge in [-0.1, -0.05) is 44.2 Å². The van der Waals surface area contributed by atoms with Crippen LogP contribution in [-0.2, 0) is 4.79 Å². The Balaban J connectivity index is 1.97. The number of hydrogen-bond acceptors (Lipinski definition) is 2. The minimum Gasteiger partial charge on any atom is -0.484 e. The molecule has 2 aromatic rings. The van der Waals surface area contributed by atoms with E-state index in [0.29, 0.717) is 5.92 Å². The lowest BCUT2D eigenvalue weighted by molar-refractivity contribution is -0.118. The van der Waals surface area contributed by atoms with Crippen LogP contribution in [-0.4, -0.2) is 12.5 Å². The van der Waals surface area contributed by atoms with Gasteiger partial charge in [-0.05, 0) is 48.6 Å². The zero-order valence-electron chi connectivity index (χ0n) is 13.6. The summed E-state index contributed by atoms with van der Waals surface area (Å²) in [6, 6.07) is 13.8. The van der Waals surface area contributed by atoms with Crippen LogP contribution < -0.4 is 10.1 Å². The second kappa shape index (κ2) is 7.12. The van der Waals surface area contributed by atoms with Gasteiger partial charge in [0.15, 0.2) is 6.61 Å². The average molecular weight is 297 g/mol. The van der Waals surface area contributed by atoms with Crippen molar-refractivity contribution in [3.63, 3.8) is 0 Å². The van der Waals surface area contributed by atoms with Gasteiger partial charge >= 0.3 is 0 Å². The fourth-order valence-corrected chi connectivity index (χ4v) is 2.30. The molecule has 1 N–H and O–H groups in total. The number of carbonyl (C=O) groups excluding carboxylic acids is 1. The SMILES string of the molecule is Cc1cccc(C)c1NC(=O)COc1cccc(C(C)C)c1. The van der Waals surface area contributed by atoms with Crippen LogP contribution in [0.3, 0.4) is 0 Å². The van der Waals surface area contributed by atoms with E-state index in [0.717, 1.165) is 22.6 Å². The highest BCUT2D eigenvalue weighted by Crippen LogP contribution is 2.21. The smallest absolute Gasteiger partial charge is 0.262 e. The van der Waals surface area contributed by atoms with Crippen LogP contribution in [0.1, 0.15) is 36.5 Å². The lowest BCUT2D eigenvalue weighted by Gasteiger charge is -2.13. The largest absolute Gasteiger partial charge is 0.484 e. The van der Waals surface area contributed by atoms with Crippen molar-refractivity contribution in [2.75, 3.05) is 11.9 Å². The monoisotopic (exact) mass is 297 g/mol. The van der Waals surface area contributed by atoms with E-state index in [-0.39, 0.29) is 12.5 Å². The molecule has 0 aliphatic heterocycles. The summed E-state index contributed by atoms with van der Waals surface area (Å²) in [6.45, 7) is 8.24. The highest BCUT2D eigenvalue weighted by molar-refractivity contribution is 5.93. The Kier molecular flexibility index (Phi) is 5.21. The van der Waals surface area contributed by atoms with E-state index in [1.807, 2.05) is 50.2 Å². The average Bonchev–Trinajstić information content (AvgIpc) is 2.49. The van der Waals surface area contributed by atoms with Gasteiger partial charge < -0.3 is 10.1 Å². The minimum absolute atomic E-state index is 0.00925. The summed E-state index contributed by atoms with van der Waals surface area (Å²) in [5.41, 5.74) is 4.17. The van der Waals surface area contributed by atoms with E-state index < -0.39 is 0 Å². The summed E-state index contributed by atoms with van der Waals surface area (Å²) in [5, 5.41) is 2.92. The molecule has 0 saturated carbocycles. The lowest BCUT2D eigenvalue weighted by atomic mass is 10.0. The number of carbonyl (C=O) groups is 1. The maximum atomic E-state index is 12.1. The van der Waals surface area contributed by atoms with Crippen LogP contribution in [0, 0.1) is 13.8 Å². The first kappa shape index (κ1) is 16.1. The summed E-state index contributed by atoms with van der Waals surface area (Å²) in [5.74, 6) is 1.02. The van der Waals surface area contributed by atoms with Gasteiger partial charge in [0, 0.05) is 5.69 Å². The third-order valence-corrected chi connectivity index (χ3v) is 3.64.